The fourth-order valence-corrected chi connectivity index (χ4v) is 3.79. The highest BCUT2D eigenvalue weighted by Gasteiger charge is 2.16. The number of nitrogens with one attached hydrogen (secondary N) is 1. The summed E-state index contributed by atoms with van der Waals surface area (Å²) < 4.78 is 33.9. The minimum Gasteiger partial charge on any atom is -0.361 e. The molecule has 1 N–H and O–H groups in total. The zero-order valence-electron chi connectivity index (χ0n) is 13.9. The number of benzene rings is 2. The monoisotopic (exact) mass is 421 g/mol. The number of rotatable bonds is 8. The molecular formula is C19H20BrNO3S. The summed E-state index contributed by atoms with van der Waals surface area (Å²) in [6, 6.07) is 14.4. The molecule has 0 aliphatic rings. The van der Waals surface area contributed by atoms with Crippen molar-refractivity contribution in [2.24, 2.45) is 0 Å². The van der Waals surface area contributed by atoms with Crippen molar-refractivity contribution in [2.75, 3.05) is 13.2 Å². The van der Waals surface area contributed by atoms with E-state index >= 15 is 0 Å². The zero-order valence-corrected chi connectivity index (χ0v) is 16.3. The third kappa shape index (κ3) is 5.98. The predicted molar refractivity (Wildman–Crippen MR) is 103 cm³/mol. The lowest BCUT2D eigenvalue weighted by molar-refractivity contribution is 0.0723. The summed E-state index contributed by atoms with van der Waals surface area (Å²) in [4.78, 5) is 0.252. The molecule has 25 heavy (non-hydrogen) atoms. The number of ether oxygens (including phenoxy) is 1. The second-order valence-corrected chi connectivity index (χ2v) is 8.24. The molecule has 0 unspecified atom stereocenters. The van der Waals surface area contributed by atoms with E-state index in [1.807, 2.05) is 31.2 Å². The maximum absolute atomic E-state index is 12.3. The molecule has 4 nitrogen and oxygen atoms in total. The fourth-order valence-electron chi connectivity index (χ4n) is 2.33. The van der Waals surface area contributed by atoms with Gasteiger partial charge in [0.2, 0.25) is 10.0 Å². The van der Waals surface area contributed by atoms with Crippen molar-refractivity contribution in [3.63, 3.8) is 0 Å². The molecular weight excluding hydrogens is 402 g/mol. The van der Waals surface area contributed by atoms with Gasteiger partial charge in [0, 0.05) is 11.0 Å². The predicted octanol–water partition coefficient (Wildman–Crippen LogP) is 3.82. The quantitative estimate of drug-likeness (QED) is 0.659. The van der Waals surface area contributed by atoms with E-state index in [-0.39, 0.29) is 24.2 Å². The summed E-state index contributed by atoms with van der Waals surface area (Å²) in [6.07, 6.45) is 5.47. The summed E-state index contributed by atoms with van der Waals surface area (Å²) in [7, 11) is -3.54. The van der Waals surface area contributed by atoms with Crippen LogP contribution in [0.3, 0.4) is 0 Å². The van der Waals surface area contributed by atoms with E-state index in [1.54, 1.807) is 24.3 Å². The van der Waals surface area contributed by atoms with Crippen molar-refractivity contribution in [1.82, 2.24) is 4.72 Å². The molecule has 2 rings (SSSR count). The van der Waals surface area contributed by atoms with Gasteiger partial charge in [-0.15, -0.1) is 6.42 Å². The first-order valence-electron chi connectivity index (χ1n) is 7.79. The molecule has 0 bridgehead atoms. The van der Waals surface area contributed by atoms with Gasteiger partial charge in [0.05, 0.1) is 11.0 Å². The normalized spacial score (nSPS) is 12.5. The molecule has 0 aliphatic carbocycles. The second kappa shape index (κ2) is 9.16. The van der Waals surface area contributed by atoms with Crippen LogP contribution in [0, 0.1) is 19.3 Å². The van der Waals surface area contributed by atoms with Crippen LogP contribution in [0.4, 0.5) is 0 Å². The van der Waals surface area contributed by atoms with Crippen LogP contribution in [0.5, 0.6) is 0 Å². The number of hydrogen-bond acceptors (Lipinski definition) is 3. The molecule has 132 valence electrons. The molecule has 6 heteroatoms. The van der Waals surface area contributed by atoms with Crippen LogP contribution in [0.15, 0.2) is 57.9 Å². The Morgan fingerprint density at radius 2 is 1.96 bits per heavy atom. The molecule has 2 aromatic rings. The van der Waals surface area contributed by atoms with Crippen LogP contribution in [-0.4, -0.2) is 21.6 Å². The number of hydrogen-bond donors (Lipinski definition) is 1. The first-order chi connectivity index (χ1) is 11.9. The number of aryl methyl sites for hydroxylation is 1. The van der Waals surface area contributed by atoms with E-state index < -0.39 is 10.0 Å². The Kier molecular flexibility index (Phi) is 7.21. The van der Waals surface area contributed by atoms with E-state index in [1.165, 1.54) is 0 Å². The summed E-state index contributed by atoms with van der Waals surface area (Å²) in [5.74, 6) is 2.45. The van der Waals surface area contributed by atoms with Crippen molar-refractivity contribution < 1.29 is 13.2 Å². The summed E-state index contributed by atoms with van der Waals surface area (Å²) in [6.45, 7) is 2.33. The van der Waals surface area contributed by atoms with Gasteiger partial charge in [0.15, 0.2) is 0 Å². The SMILES string of the molecule is C#CCO[C@H](CCNS(=O)(=O)c1ccc(C)cc1)c1cccc(Br)c1. The summed E-state index contributed by atoms with van der Waals surface area (Å²) >= 11 is 3.43. The van der Waals surface area contributed by atoms with E-state index in [0.29, 0.717) is 6.42 Å². The van der Waals surface area contributed by atoms with Crippen LogP contribution >= 0.6 is 15.9 Å². The van der Waals surface area contributed by atoms with Crippen molar-refractivity contribution in [3.05, 3.63) is 64.1 Å². The van der Waals surface area contributed by atoms with Gasteiger partial charge in [-0.1, -0.05) is 51.7 Å². The van der Waals surface area contributed by atoms with E-state index in [9.17, 15) is 8.42 Å². The second-order valence-electron chi connectivity index (χ2n) is 5.56. The molecule has 0 radical (unpaired) electrons. The Bertz CT molecular complexity index is 842. The lowest BCUT2D eigenvalue weighted by Gasteiger charge is -2.18. The standard InChI is InChI=1S/C19H20BrNO3S/c1-3-13-24-19(16-5-4-6-17(20)14-16)11-12-21-25(22,23)18-9-7-15(2)8-10-18/h1,4-10,14,19,21H,11-13H2,2H3/t19-/m1/s1. The first kappa shape index (κ1) is 19.7. The lowest BCUT2D eigenvalue weighted by atomic mass is 10.1. The van der Waals surface area contributed by atoms with Crippen LogP contribution in [0.1, 0.15) is 23.7 Å². The topological polar surface area (TPSA) is 55.4 Å². The van der Waals surface area contributed by atoms with E-state index in [0.717, 1.165) is 15.6 Å². The Morgan fingerprint density at radius 1 is 1.24 bits per heavy atom. The average Bonchev–Trinajstić information content (AvgIpc) is 2.58. The molecule has 0 aromatic heterocycles. The molecule has 1 atom stereocenters. The third-order valence-corrected chi connectivity index (χ3v) is 5.59. The Labute approximate surface area is 157 Å². The van der Waals surface area contributed by atoms with Gasteiger partial charge in [-0.05, 0) is 43.2 Å². The molecule has 2 aromatic carbocycles. The van der Waals surface area contributed by atoms with Gasteiger partial charge in [-0.25, -0.2) is 13.1 Å². The minimum atomic E-state index is -3.54. The van der Waals surface area contributed by atoms with Gasteiger partial charge < -0.3 is 4.74 Å². The molecule has 0 amide bonds. The highest BCUT2D eigenvalue weighted by atomic mass is 79.9. The Hall–Kier alpha value is -1.65. The van der Waals surface area contributed by atoms with Gasteiger partial charge >= 0.3 is 0 Å². The average molecular weight is 422 g/mol. The van der Waals surface area contributed by atoms with E-state index in [4.69, 9.17) is 11.2 Å². The van der Waals surface area contributed by atoms with Gasteiger partial charge in [-0.3, -0.25) is 0 Å². The maximum Gasteiger partial charge on any atom is 0.240 e. The molecule has 0 saturated carbocycles. The third-order valence-electron chi connectivity index (χ3n) is 3.62. The number of halogens is 1. The highest BCUT2D eigenvalue weighted by molar-refractivity contribution is 9.10. The summed E-state index contributed by atoms with van der Waals surface area (Å²) in [5, 5.41) is 0. The highest BCUT2D eigenvalue weighted by Crippen LogP contribution is 2.24. The first-order valence-corrected chi connectivity index (χ1v) is 10.1. The van der Waals surface area contributed by atoms with Gasteiger partial charge in [-0.2, -0.15) is 0 Å². The van der Waals surface area contributed by atoms with Crippen LogP contribution in [-0.2, 0) is 14.8 Å². The smallest absolute Gasteiger partial charge is 0.240 e. The maximum atomic E-state index is 12.3. The minimum absolute atomic E-state index is 0.169. The number of sulfonamides is 1. The fraction of sp³-hybridized carbons (Fsp3) is 0.263. The molecule has 0 fully saturated rings. The Morgan fingerprint density at radius 3 is 2.60 bits per heavy atom. The summed E-state index contributed by atoms with van der Waals surface area (Å²) in [5.41, 5.74) is 1.95. The van der Waals surface area contributed by atoms with Crippen LogP contribution in [0.2, 0.25) is 0 Å². The van der Waals surface area contributed by atoms with Gasteiger partial charge in [0.1, 0.15) is 6.61 Å². The number of terminal acetylenes is 1. The zero-order chi connectivity index (χ0) is 18.3. The molecule has 0 aliphatic heterocycles. The van der Waals surface area contributed by atoms with Crippen molar-refractivity contribution >= 4 is 26.0 Å². The lowest BCUT2D eigenvalue weighted by Crippen LogP contribution is -2.26. The molecule has 0 heterocycles. The molecule has 0 spiro atoms. The van der Waals surface area contributed by atoms with E-state index in [2.05, 4.69) is 26.6 Å². The van der Waals surface area contributed by atoms with Crippen LogP contribution in [0.25, 0.3) is 0 Å². The van der Waals surface area contributed by atoms with Crippen molar-refractivity contribution in [1.29, 1.82) is 0 Å². The van der Waals surface area contributed by atoms with Crippen molar-refractivity contribution in [3.8, 4) is 12.3 Å². The largest absolute Gasteiger partial charge is 0.361 e. The van der Waals surface area contributed by atoms with Crippen molar-refractivity contribution in [2.45, 2.75) is 24.3 Å². The Balaban J connectivity index is 2.03. The van der Waals surface area contributed by atoms with Crippen LogP contribution < -0.4 is 4.72 Å². The van der Waals surface area contributed by atoms with Gasteiger partial charge in [0.25, 0.3) is 0 Å². The molecule has 0 saturated heterocycles.